The summed E-state index contributed by atoms with van der Waals surface area (Å²) in [5.41, 5.74) is 0. The summed E-state index contributed by atoms with van der Waals surface area (Å²) in [6.45, 7) is 3.62. The van der Waals surface area contributed by atoms with E-state index in [1.165, 1.54) is 58.3 Å². The van der Waals surface area contributed by atoms with E-state index in [1.54, 1.807) is 6.92 Å². The van der Waals surface area contributed by atoms with Crippen molar-refractivity contribution in [2.24, 2.45) is 11.8 Å². The number of aliphatic carboxylic acids is 1. The maximum Gasteiger partial charge on any atom is 0.391 e. The Morgan fingerprint density at radius 2 is 1.15 bits per heavy atom. The molecule has 0 aromatic rings. The first-order chi connectivity index (χ1) is 18.6. The zero-order chi connectivity index (χ0) is 29.4. The van der Waals surface area contributed by atoms with Crippen LogP contribution in [0.25, 0.3) is 0 Å². The number of rotatable bonds is 27. The molecule has 0 aromatic heterocycles. The fourth-order valence-electron chi connectivity index (χ4n) is 5.11. The van der Waals surface area contributed by atoms with Crippen LogP contribution in [-0.4, -0.2) is 35.5 Å². The van der Waals surface area contributed by atoms with Gasteiger partial charge in [0.15, 0.2) is 0 Å². The van der Waals surface area contributed by atoms with Crippen LogP contribution in [-0.2, 0) is 14.4 Å². The Balaban J connectivity index is 3.62. The van der Waals surface area contributed by atoms with Gasteiger partial charge in [-0.1, -0.05) is 96.8 Å². The summed E-state index contributed by atoms with van der Waals surface area (Å²) >= 11 is 0. The third kappa shape index (κ3) is 24.0. The van der Waals surface area contributed by atoms with Gasteiger partial charge in [-0.2, -0.15) is 13.2 Å². The average molecular weight is 564 g/mol. The van der Waals surface area contributed by atoms with Crippen LogP contribution in [0.5, 0.6) is 0 Å². The summed E-state index contributed by atoms with van der Waals surface area (Å²) in [7, 11) is 0. The fraction of sp³-hybridized carbons (Fsp3) is 0.903. The highest BCUT2D eigenvalue weighted by Gasteiger charge is 2.40. The summed E-state index contributed by atoms with van der Waals surface area (Å²) in [6, 6.07) is 0. The monoisotopic (exact) mass is 563 g/mol. The Labute approximate surface area is 235 Å². The van der Waals surface area contributed by atoms with Gasteiger partial charge in [0.25, 0.3) is 0 Å². The van der Waals surface area contributed by atoms with Crippen LogP contribution in [0.3, 0.4) is 0 Å². The number of halogens is 3. The number of nitrogens with one attached hydrogen (secondary N) is 1. The number of carbonyl (C=O) groups excluding carboxylic acids is 2. The molecule has 0 aliphatic rings. The lowest BCUT2D eigenvalue weighted by molar-refractivity contribution is -0.181. The Hall–Kier alpha value is -1.60. The Kier molecular flexibility index (Phi) is 23.2. The van der Waals surface area contributed by atoms with E-state index < -0.39 is 24.0 Å². The van der Waals surface area contributed by atoms with E-state index in [-0.39, 0.29) is 24.5 Å². The van der Waals surface area contributed by atoms with Crippen LogP contribution in [0.1, 0.15) is 155 Å². The molecule has 0 aliphatic carbocycles. The molecule has 0 unspecified atom stereocenters. The third-order valence-electron chi connectivity index (χ3n) is 7.59. The first-order valence-corrected chi connectivity index (χ1v) is 15.6. The normalized spacial score (nSPS) is 13.3. The molecule has 39 heavy (non-hydrogen) atoms. The van der Waals surface area contributed by atoms with Gasteiger partial charge in [0.1, 0.15) is 5.78 Å². The molecule has 0 radical (unpaired) electrons. The Bertz CT molecular complexity index is 640. The van der Waals surface area contributed by atoms with Crippen LogP contribution in [0, 0.1) is 11.8 Å². The van der Waals surface area contributed by atoms with E-state index in [9.17, 15) is 27.6 Å². The molecule has 8 heteroatoms. The quantitative estimate of drug-likeness (QED) is 0.0976. The highest BCUT2D eigenvalue weighted by molar-refractivity contribution is 5.78. The van der Waals surface area contributed by atoms with Crippen molar-refractivity contribution in [1.82, 2.24) is 5.32 Å². The largest absolute Gasteiger partial charge is 0.481 e. The number of hydrogen-bond donors (Lipinski definition) is 2. The predicted molar refractivity (Wildman–Crippen MR) is 152 cm³/mol. The van der Waals surface area contributed by atoms with Crippen LogP contribution in [0.4, 0.5) is 13.2 Å². The molecule has 0 fully saturated rings. The lowest BCUT2D eigenvalue weighted by Gasteiger charge is -2.24. The fourth-order valence-corrected chi connectivity index (χ4v) is 5.11. The van der Waals surface area contributed by atoms with Crippen molar-refractivity contribution in [1.29, 1.82) is 0 Å². The van der Waals surface area contributed by atoms with Gasteiger partial charge in [-0.25, -0.2) is 0 Å². The van der Waals surface area contributed by atoms with E-state index in [0.29, 0.717) is 45.1 Å². The number of carboxylic acids is 1. The first kappa shape index (κ1) is 37.4. The van der Waals surface area contributed by atoms with Gasteiger partial charge in [-0.05, 0) is 45.4 Å². The first-order valence-electron chi connectivity index (χ1n) is 15.6. The second-order valence-electron chi connectivity index (χ2n) is 11.3. The van der Waals surface area contributed by atoms with Gasteiger partial charge in [0.05, 0.1) is 5.92 Å². The minimum absolute atomic E-state index is 0.0279. The molecule has 1 amide bonds. The zero-order valence-corrected chi connectivity index (χ0v) is 24.7. The molecule has 2 atom stereocenters. The molecular formula is C31H56F3NO4. The molecule has 0 aliphatic heterocycles. The Morgan fingerprint density at radius 1 is 0.692 bits per heavy atom. The number of amides is 1. The Morgan fingerprint density at radius 3 is 1.56 bits per heavy atom. The molecule has 0 rings (SSSR count). The highest BCUT2D eigenvalue weighted by atomic mass is 19.4. The van der Waals surface area contributed by atoms with Gasteiger partial charge in [-0.15, -0.1) is 0 Å². The predicted octanol–water partition coefficient (Wildman–Crippen LogP) is 9.17. The summed E-state index contributed by atoms with van der Waals surface area (Å²) in [4.78, 5) is 34.3. The van der Waals surface area contributed by atoms with E-state index >= 15 is 0 Å². The lowest BCUT2D eigenvalue weighted by atomic mass is 9.85. The molecule has 0 bridgehead atoms. The molecule has 0 saturated carbocycles. The van der Waals surface area contributed by atoms with Crippen molar-refractivity contribution >= 4 is 17.7 Å². The van der Waals surface area contributed by atoms with E-state index in [0.717, 1.165) is 38.5 Å². The molecule has 5 nitrogen and oxygen atoms in total. The van der Waals surface area contributed by atoms with Gasteiger partial charge >= 0.3 is 12.1 Å². The minimum Gasteiger partial charge on any atom is -0.481 e. The van der Waals surface area contributed by atoms with Crippen molar-refractivity contribution in [3.8, 4) is 0 Å². The van der Waals surface area contributed by atoms with Gasteiger partial charge in [0.2, 0.25) is 5.91 Å². The van der Waals surface area contributed by atoms with Crippen LogP contribution < -0.4 is 5.32 Å². The lowest BCUT2D eigenvalue weighted by Crippen LogP contribution is -2.28. The number of ketones is 1. The second-order valence-corrected chi connectivity index (χ2v) is 11.3. The highest BCUT2D eigenvalue weighted by Crippen LogP contribution is 2.36. The topological polar surface area (TPSA) is 83.5 Å². The van der Waals surface area contributed by atoms with Gasteiger partial charge < -0.3 is 10.4 Å². The van der Waals surface area contributed by atoms with Gasteiger partial charge in [0, 0.05) is 25.3 Å². The number of hydrogen-bond acceptors (Lipinski definition) is 3. The standard InChI is InChI=1S/C31H56F3NO4/c1-3-20-28(31(32,33)34)25-27(26(2)36)21-18-19-24-35-29(37)22-16-14-12-10-8-6-4-5-7-9-11-13-15-17-23-30(38)39/h27-28H,3-25H2,1-2H3,(H,35,37)(H,38,39)/t27-,28-/m1/s1. The van der Waals surface area contributed by atoms with Crippen molar-refractivity contribution in [2.45, 2.75) is 161 Å². The summed E-state index contributed by atoms with van der Waals surface area (Å²) in [5, 5.41) is 11.5. The maximum atomic E-state index is 13.2. The number of carbonyl (C=O) groups is 3. The van der Waals surface area contributed by atoms with E-state index in [4.69, 9.17) is 5.11 Å². The summed E-state index contributed by atoms with van der Waals surface area (Å²) in [5.74, 6) is -2.83. The second kappa shape index (κ2) is 24.2. The van der Waals surface area contributed by atoms with Crippen LogP contribution >= 0.6 is 0 Å². The molecule has 2 N–H and O–H groups in total. The smallest absolute Gasteiger partial charge is 0.391 e. The van der Waals surface area contributed by atoms with Crippen molar-refractivity contribution in [3.63, 3.8) is 0 Å². The van der Waals surface area contributed by atoms with Gasteiger partial charge in [-0.3, -0.25) is 14.4 Å². The van der Waals surface area contributed by atoms with Crippen molar-refractivity contribution in [3.05, 3.63) is 0 Å². The van der Waals surface area contributed by atoms with Crippen molar-refractivity contribution < 1.29 is 32.7 Å². The van der Waals surface area contributed by atoms with E-state index in [1.807, 2.05) is 0 Å². The molecule has 0 heterocycles. The molecular weight excluding hydrogens is 507 g/mol. The maximum absolute atomic E-state index is 13.2. The van der Waals surface area contributed by atoms with Crippen LogP contribution in [0.2, 0.25) is 0 Å². The summed E-state index contributed by atoms with van der Waals surface area (Å²) in [6.07, 6.45) is 14.7. The van der Waals surface area contributed by atoms with E-state index in [2.05, 4.69) is 5.32 Å². The van der Waals surface area contributed by atoms with Crippen LogP contribution in [0.15, 0.2) is 0 Å². The minimum atomic E-state index is -4.26. The molecule has 0 aromatic carbocycles. The molecule has 0 spiro atoms. The SMILES string of the molecule is CCC[C@H](C[C@@H](CCCCNC(=O)CCCCCCCCCCCCCCCCC(=O)O)C(C)=O)C(F)(F)F. The molecule has 0 saturated heterocycles. The third-order valence-corrected chi connectivity index (χ3v) is 7.59. The number of unbranched alkanes of at least 4 members (excludes halogenated alkanes) is 14. The average Bonchev–Trinajstić information content (AvgIpc) is 2.86. The number of Topliss-reactive ketones (excluding diaryl/α,β-unsaturated/α-hetero) is 1. The zero-order valence-electron chi connectivity index (χ0n) is 24.7. The number of carboxylic acid groups (broad SMARTS) is 1. The number of alkyl halides is 3. The van der Waals surface area contributed by atoms with Crippen molar-refractivity contribution in [2.75, 3.05) is 6.54 Å². The molecule has 230 valence electrons. The summed E-state index contributed by atoms with van der Waals surface area (Å²) < 4.78 is 39.6.